The summed E-state index contributed by atoms with van der Waals surface area (Å²) in [7, 11) is 0. The number of carbonyl (C=O) groups is 1. The van der Waals surface area contributed by atoms with Crippen LogP contribution in [0.25, 0.3) is 0 Å². The molecule has 0 spiro atoms. The van der Waals surface area contributed by atoms with Crippen molar-refractivity contribution in [2.45, 2.75) is 32.4 Å². The molecule has 0 bridgehead atoms. The first-order chi connectivity index (χ1) is 8.31. The number of ether oxygens (including phenoxy) is 1. The number of rotatable bonds is 3. The summed E-state index contributed by atoms with van der Waals surface area (Å²) in [5.74, 6) is -0.327. The zero-order valence-electron chi connectivity index (χ0n) is 10.9. The summed E-state index contributed by atoms with van der Waals surface area (Å²) in [4.78, 5) is 11.6. The number of nitrogens with two attached hydrogens (primary N) is 1. The van der Waals surface area contributed by atoms with Crippen molar-refractivity contribution >= 4 is 6.09 Å². The maximum atomic E-state index is 12.8. The molecule has 0 aliphatic heterocycles. The van der Waals surface area contributed by atoms with Crippen LogP contribution in [-0.2, 0) is 4.74 Å². The summed E-state index contributed by atoms with van der Waals surface area (Å²) >= 11 is 0. The average Bonchev–Trinajstić information content (AvgIpc) is 2.25. The molecule has 0 aliphatic rings. The molecule has 0 fully saturated rings. The van der Waals surface area contributed by atoms with Crippen LogP contribution >= 0.6 is 0 Å². The Balaban J connectivity index is 2.68. The fourth-order valence-corrected chi connectivity index (χ4v) is 1.42. The standard InChI is InChI=1S/C13H19FN2O2/c1-13(2,3)18-12(17)16-11(8-15)9-4-6-10(14)7-5-9/h4-7,11H,8,15H2,1-3H3,(H,16,17). The highest BCUT2D eigenvalue weighted by molar-refractivity contribution is 5.68. The highest BCUT2D eigenvalue weighted by Gasteiger charge is 2.19. The van der Waals surface area contributed by atoms with E-state index < -0.39 is 11.7 Å². The zero-order chi connectivity index (χ0) is 13.8. The molecule has 0 aromatic heterocycles. The van der Waals surface area contributed by atoms with Crippen LogP contribution in [0.15, 0.2) is 24.3 Å². The second kappa shape index (κ2) is 5.82. The van der Waals surface area contributed by atoms with Gasteiger partial charge in [0.1, 0.15) is 11.4 Å². The van der Waals surface area contributed by atoms with Crippen LogP contribution in [0.3, 0.4) is 0 Å². The molecule has 5 heteroatoms. The van der Waals surface area contributed by atoms with E-state index in [1.807, 2.05) is 0 Å². The Morgan fingerprint density at radius 3 is 2.39 bits per heavy atom. The van der Waals surface area contributed by atoms with E-state index in [1.165, 1.54) is 12.1 Å². The zero-order valence-corrected chi connectivity index (χ0v) is 10.9. The Kier molecular flexibility index (Phi) is 4.67. The molecule has 1 atom stereocenters. The van der Waals surface area contributed by atoms with Gasteiger partial charge in [0.15, 0.2) is 0 Å². The van der Waals surface area contributed by atoms with Crippen LogP contribution in [0.2, 0.25) is 0 Å². The van der Waals surface area contributed by atoms with Crippen molar-refractivity contribution < 1.29 is 13.9 Å². The van der Waals surface area contributed by atoms with E-state index in [9.17, 15) is 9.18 Å². The monoisotopic (exact) mass is 254 g/mol. The van der Waals surface area contributed by atoms with Crippen LogP contribution in [0.5, 0.6) is 0 Å². The van der Waals surface area contributed by atoms with Crippen LogP contribution in [0, 0.1) is 5.82 Å². The molecule has 0 heterocycles. The van der Waals surface area contributed by atoms with Gasteiger partial charge in [0.25, 0.3) is 0 Å². The third-order valence-electron chi connectivity index (χ3n) is 2.20. The SMILES string of the molecule is CC(C)(C)OC(=O)NC(CN)c1ccc(F)cc1. The van der Waals surface area contributed by atoms with Gasteiger partial charge in [0.2, 0.25) is 0 Å². The fraction of sp³-hybridized carbons (Fsp3) is 0.462. The first-order valence-corrected chi connectivity index (χ1v) is 5.77. The number of alkyl carbamates (subject to hydrolysis) is 1. The van der Waals surface area contributed by atoms with Gasteiger partial charge >= 0.3 is 6.09 Å². The van der Waals surface area contributed by atoms with Crippen LogP contribution in [0.4, 0.5) is 9.18 Å². The summed E-state index contributed by atoms with van der Waals surface area (Å²) in [5, 5.41) is 2.65. The summed E-state index contributed by atoms with van der Waals surface area (Å²) in [6.07, 6.45) is -0.540. The van der Waals surface area contributed by atoms with E-state index in [0.29, 0.717) is 0 Å². The van der Waals surface area contributed by atoms with Crippen molar-refractivity contribution in [3.05, 3.63) is 35.6 Å². The highest BCUT2D eigenvalue weighted by atomic mass is 19.1. The van der Waals surface area contributed by atoms with Crippen LogP contribution in [0.1, 0.15) is 32.4 Å². The molecule has 0 radical (unpaired) electrons. The van der Waals surface area contributed by atoms with E-state index in [4.69, 9.17) is 10.5 Å². The molecule has 0 saturated carbocycles. The molecular weight excluding hydrogens is 235 g/mol. The van der Waals surface area contributed by atoms with E-state index in [2.05, 4.69) is 5.32 Å². The van der Waals surface area contributed by atoms with Gasteiger partial charge in [-0.25, -0.2) is 9.18 Å². The van der Waals surface area contributed by atoms with Gasteiger partial charge in [-0.3, -0.25) is 0 Å². The largest absolute Gasteiger partial charge is 0.444 e. The van der Waals surface area contributed by atoms with E-state index >= 15 is 0 Å². The first-order valence-electron chi connectivity index (χ1n) is 5.77. The Morgan fingerprint density at radius 2 is 1.94 bits per heavy atom. The van der Waals surface area contributed by atoms with Crippen LogP contribution < -0.4 is 11.1 Å². The third kappa shape index (κ3) is 4.71. The molecule has 4 nitrogen and oxygen atoms in total. The fourth-order valence-electron chi connectivity index (χ4n) is 1.42. The molecule has 100 valence electrons. The van der Waals surface area contributed by atoms with Gasteiger partial charge in [-0.05, 0) is 38.5 Å². The minimum Gasteiger partial charge on any atom is -0.444 e. The number of hydrogen-bond donors (Lipinski definition) is 2. The van der Waals surface area contributed by atoms with Gasteiger partial charge in [0, 0.05) is 6.54 Å². The number of halogens is 1. The van der Waals surface area contributed by atoms with Crippen LogP contribution in [-0.4, -0.2) is 18.2 Å². The summed E-state index contributed by atoms with van der Waals surface area (Å²) in [6.45, 7) is 5.55. The van der Waals surface area contributed by atoms with Gasteiger partial charge in [-0.1, -0.05) is 12.1 Å². The second-order valence-corrected chi connectivity index (χ2v) is 4.99. The Morgan fingerprint density at radius 1 is 1.39 bits per heavy atom. The van der Waals surface area contributed by atoms with Crippen molar-refractivity contribution in [3.8, 4) is 0 Å². The quantitative estimate of drug-likeness (QED) is 0.870. The smallest absolute Gasteiger partial charge is 0.408 e. The minimum atomic E-state index is -0.563. The Hall–Kier alpha value is -1.62. The maximum absolute atomic E-state index is 12.8. The summed E-state index contributed by atoms with van der Waals surface area (Å²) < 4.78 is 17.9. The lowest BCUT2D eigenvalue weighted by atomic mass is 10.1. The number of nitrogens with one attached hydrogen (secondary N) is 1. The summed E-state index contributed by atoms with van der Waals surface area (Å²) in [5.41, 5.74) is 5.77. The molecule has 3 N–H and O–H groups in total. The lowest BCUT2D eigenvalue weighted by molar-refractivity contribution is 0.0505. The van der Waals surface area contributed by atoms with E-state index in [1.54, 1.807) is 32.9 Å². The van der Waals surface area contributed by atoms with E-state index in [-0.39, 0.29) is 18.4 Å². The van der Waals surface area contributed by atoms with Crippen molar-refractivity contribution in [3.63, 3.8) is 0 Å². The number of amides is 1. The Labute approximate surface area is 106 Å². The lowest BCUT2D eigenvalue weighted by Crippen LogP contribution is -2.37. The molecule has 0 saturated heterocycles. The third-order valence-corrected chi connectivity index (χ3v) is 2.20. The number of benzene rings is 1. The summed E-state index contributed by atoms with van der Waals surface area (Å²) in [6, 6.07) is 5.44. The molecule has 1 unspecified atom stereocenters. The normalized spacial score (nSPS) is 12.9. The number of carbonyl (C=O) groups excluding carboxylic acids is 1. The molecule has 0 aliphatic carbocycles. The molecule has 1 rings (SSSR count). The molecular formula is C13H19FN2O2. The molecule has 18 heavy (non-hydrogen) atoms. The van der Waals surface area contributed by atoms with E-state index in [0.717, 1.165) is 5.56 Å². The van der Waals surface area contributed by atoms with Crippen molar-refractivity contribution in [2.24, 2.45) is 5.73 Å². The van der Waals surface area contributed by atoms with Gasteiger partial charge in [-0.15, -0.1) is 0 Å². The lowest BCUT2D eigenvalue weighted by Gasteiger charge is -2.23. The Bertz CT molecular complexity index is 398. The molecule has 1 aromatic rings. The maximum Gasteiger partial charge on any atom is 0.408 e. The van der Waals surface area contributed by atoms with Crippen molar-refractivity contribution in [1.29, 1.82) is 0 Å². The molecule has 1 aromatic carbocycles. The second-order valence-electron chi connectivity index (χ2n) is 4.99. The minimum absolute atomic E-state index is 0.213. The molecule has 1 amide bonds. The highest BCUT2D eigenvalue weighted by Crippen LogP contribution is 2.14. The van der Waals surface area contributed by atoms with Gasteiger partial charge < -0.3 is 15.8 Å². The average molecular weight is 254 g/mol. The predicted octanol–water partition coefficient (Wildman–Crippen LogP) is 2.35. The van der Waals surface area contributed by atoms with Gasteiger partial charge in [0.05, 0.1) is 6.04 Å². The number of hydrogen-bond acceptors (Lipinski definition) is 3. The van der Waals surface area contributed by atoms with Crippen molar-refractivity contribution in [1.82, 2.24) is 5.32 Å². The van der Waals surface area contributed by atoms with Gasteiger partial charge in [-0.2, -0.15) is 0 Å². The topological polar surface area (TPSA) is 64.3 Å². The van der Waals surface area contributed by atoms with Crippen molar-refractivity contribution in [2.75, 3.05) is 6.54 Å². The predicted molar refractivity (Wildman–Crippen MR) is 67.6 cm³/mol. The first kappa shape index (κ1) is 14.4.